The third kappa shape index (κ3) is 2.70. The van der Waals surface area contributed by atoms with E-state index in [1.54, 1.807) is 0 Å². The molecule has 1 aromatic carbocycles. The van der Waals surface area contributed by atoms with Gasteiger partial charge in [0, 0.05) is 43.0 Å². The van der Waals surface area contributed by atoms with Crippen molar-refractivity contribution < 1.29 is 9.47 Å². The number of nitrogens with zero attached hydrogens (tertiary/aromatic N) is 2. The van der Waals surface area contributed by atoms with Crippen LogP contribution >= 0.6 is 0 Å². The molecule has 1 saturated heterocycles. The molecule has 1 spiro atoms. The second kappa shape index (κ2) is 7.07. The normalized spacial score (nSPS) is 27.1. The van der Waals surface area contributed by atoms with Crippen LogP contribution in [-0.4, -0.2) is 35.4 Å². The van der Waals surface area contributed by atoms with Crippen molar-refractivity contribution >= 4 is 0 Å². The fourth-order valence-corrected chi connectivity index (χ4v) is 5.87. The van der Waals surface area contributed by atoms with Gasteiger partial charge in [-0.25, -0.2) is 0 Å². The Balaban J connectivity index is 1.62. The fraction of sp³-hybridized carbons (Fsp3) is 0.423. The van der Waals surface area contributed by atoms with E-state index < -0.39 is 5.79 Å². The summed E-state index contributed by atoms with van der Waals surface area (Å²) in [6.45, 7) is 12.2. The van der Waals surface area contributed by atoms with Crippen molar-refractivity contribution in [1.29, 1.82) is 0 Å². The first-order valence-corrected chi connectivity index (χ1v) is 10.9. The van der Waals surface area contributed by atoms with Crippen molar-refractivity contribution in [2.45, 2.75) is 44.4 Å². The zero-order chi connectivity index (χ0) is 20.8. The number of hydrogen-bond donors (Lipinski definition) is 0. The van der Waals surface area contributed by atoms with Gasteiger partial charge in [-0.15, -0.1) is 0 Å². The summed E-state index contributed by atoms with van der Waals surface area (Å²) < 4.78 is 12.5. The molecule has 1 saturated carbocycles. The highest BCUT2D eigenvalue weighted by Crippen LogP contribution is 2.62. The zero-order valence-corrected chi connectivity index (χ0v) is 17.9. The first kappa shape index (κ1) is 19.5. The van der Waals surface area contributed by atoms with E-state index in [-0.39, 0.29) is 10.8 Å². The van der Waals surface area contributed by atoms with E-state index >= 15 is 0 Å². The molecule has 5 rings (SSSR count). The summed E-state index contributed by atoms with van der Waals surface area (Å²) in [4.78, 5) is 6.70. The van der Waals surface area contributed by atoms with Gasteiger partial charge in [-0.05, 0) is 29.2 Å². The predicted molar refractivity (Wildman–Crippen MR) is 118 cm³/mol. The van der Waals surface area contributed by atoms with Gasteiger partial charge in [0.15, 0.2) is 5.79 Å². The van der Waals surface area contributed by atoms with Crippen molar-refractivity contribution in [2.24, 2.45) is 5.41 Å². The largest absolute Gasteiger partial charge is 0.366 e. The Kier molecular flexibility index (Phi) is 4.60. The van der Waals surface area contributed by atoms with Gasteiger partial charge >= 0.3 is 0 Å². The average molecular weight is 403 g/mol. The van der Waals surface area contributed by atoms with Crippen LogP contribution in [0.3, 0.4) is 0 Å². The van der Waals surface area contributed by atoms with Crippen LogP contribution in [0.1, 0.15) is 37.8 Å². The molecule has 1 aromatic heterocycles. The molecule has 1 atom stereocenters. The molecule has 2 aliphatic heterocycles. The molecule has 1 unspecified atom stereocenters. The third-order valence-electron chi connectivity index (χ3n) is 7.42. The van der Waals surface area contributed by atoms with Crippen LogP contribution < -0.4 is 0 Å². The molecule has 4 nitrogen and oxygen atoms in total. The quantitative estimate of drug-likeness (QED) is 0.688. The predicted octanol–water partition coefficient (Wildman–Crippen LogP) is 4.84. The summed E-state index contributed by atoms with van der Waals surface area (Å²) in [6.07, 6.45) is 7.95. The maximum absolute atomic E-state index is 6.27. The van der Waals surface area contributed by atoms with E-state index in [0.29, 0.717) is 13.2 Å². The van der Waals surface area contributed by atoms with Crippen LogP contribution in [0.25, 0.3) is 0 Å². The number of ether oxygens (including phenoxy) is 2. The van der Waals surface area contributed by atoms with Crippen LogP contribution in [0, 0.1) is 5.41 Å². The SMILES string of the molecule is C=C1N(Cc2cccnc2)CC=C2C1(c1ccccc1)CCC1(OCCO1)C2(C)C. The second-order valence-corrected chi connectivity index (χ2v) is 9.15. The third-order valence-corrected chi connectivity index (χ3v) is 7.42. The average Bonchev–Trinajstić information content (AvgIpc) is 3.25. The van der Waals surface area contributed by atoms with Crippen molar-refractivity contribution in [3.05, 3.63) is 89.9 Å². The molecule has 156 valence electrons. The van der Waals surface area contributed by atoms with Gasteiger partial charge in [-0.1, -0.05) is 62.9 Å². The van der Waals surface area contributed by atoms with Gasteiger partial charge < -0.3 is 14.4 Å². The Morgan fingerprint density at radius 2 is 1.80 bits per heavy atom. The van der Waals surface area contributed by atoms with Crippen molar-refractivity contribution in [1.82, 2.24) is 9.88 Å². The number of allylic oxidation sites excluding steroid dienone is 1. The summed E-state index contributed by atoms with van der Waals surface area (Å²) in [5, 5.41) is 0. The van der Waals surface area contributed by atoms with Gasteiger partial charge in [0.2, 0.25) is 0 Å². The molecule has 3 aliphatic rings. The molecule has 0 N–H and O–H groups in total. The lowest BCUT2D eigenvalue weighted by atomic mass is 9.52. The van der Waals surface area contributed by atoms with E-state index in [2.05, 4.69) is 72.8 Å². The minimum absolute atomic E-state index is 0.244. The summed E-state index contributed by atoms with van der Waals surface area (Å²) in [7, 11) is 0. The number of fused-ring (bicyclic) bond motifs is 1. The Morgan fingerprint density at radius 1 is 1.03 bits per heavy atom. The van der Waals surface area contributed by atoms with Gasteiger partial charge in [0.25, 0.3) is 0 Å². The summed E-state index contributed by atoms with van der Waals surface area (Å²) in [5.74, 6) is -0.539. The first-order chi connectivity index (χ1) is 14.5. The number of benzene rings is 1. The lowest BCUT2D eigenvalue weighted by molar-refractivity contribution is -0.235. The molecular weight excluding hydrogens is 372 g/mol. The Bertz CT molecular complexity index is 961. The molecule has 0 radical (unpaired) electrons. The molecule has 0 bridgehead atoms. The summed E-state index contributed by atoms with van der Waals surface area (Å²) in [5.41, 5.74) is 4.55. The smallest absolute Gasteiger partial charge is 0.177 e. The zero-order valence-electron chi connectivity index (χ0n) is 17.9. The minimum Gasteiger partial charge on any atom is -0.366 e. The van der Waals surface area contributed by atoms with Crippen LogP contribution in [0.4, 0.5) is 0 Å². The molecule has 0 amide bonds. The molecule has 3 heterocycles. The van der Waals surface area contributed by atoms with Gasteiger partial charge in [-0.2, -0.15) is 0 Å². The number of rotatable bonds is 3. The standard InChI is InChI=1S/C26H30N2O2/c1-20-25(22-9-5-4-6-10-22)12-13-26(29-16-17-30-26)24(2,3)23(25)11-15-28(20)19-21-8-7-14-27-18-21/h4-11,14,18H,1,12-13,15-17,19H2,2-3H3. The molecule has 1 aliphatic carbocycles. The molecular formula is C26H30N2O2. The maximum Gasteiger partial charge on any atom is 0.177 e. The van der Waals surface area contributed by atoms with Gasteiger partial charge in [0.1, 0.15) is 0 Å². The summed E-state index contributed by atoms with van der Waals surface area (Å²) >= 11 is 0. The first-order valence-electron chi connectivity index (χ1n) is 10.9. The lowest BCUT2D eigenvalue weighted by Gasteiger charge is -2.59. The van der Waals surface area contributed by atoms with E-state index in [4.69, 9.17) is 9.47 Å². The Hall–Kier alpha value is -2.43. The topological polar surface area (TPSA) is 34.6 Å². The highest BCUT2D eigenvalue weighted by molar-refractivity contribution is 5.52. The van der Waals surface area contributed by atoms with Crippen LogP contribution in [0.15, 0.2) is 78.8 Å². The summed E-state index contributed by atoms with van der Waals surface area (Å²) in [6, 6.07) is 15.0. The molecule has 2 aromatic rings. The molecule has 30 heavy (non-hydrogen) atoms. The Labute approximate surface area is 179 Å². The number of aromatic nitrogens is 1. The van der Waals surface area contributed by atoms with Crippen LogP contribution in [0.5, 0.6) is 0 Å². The maximum atomic E-state index is 6.27. The lowest BCUT2D eigenvalue weighted by Crippen LogP contribution is -2.59. The van der Waals surface area contributed by atoms with Crippen molar-refractivity contribution in [3.63, 3.8) is 0 Å². The number of hydrogen-bond acceptors (Lipinski definition) is 4. The van der Waals surface area contributed by atoms with Crippen LogP contribution in [-0.2, 0) is 21.4 Å². The van der Waals surface area contributed by atoms with E-state index in [0.717, 1.165) is 31.6 Å². The fourth-order valence-electron chi connectivity index (χ4n) is 5.87. The van der Waals surface area contributed by atoms with Crippen molar-refractivity contribution in [2.75, 3.05) is 19.8 Å². The van der Waals surface area contributed by atoms with Gasteiger partial charge in [-0.3, -0.25) is 4.98 Å². The van der Waals surface area contributed by atoms with Crippen molar-refractivity contribution in [3.8, 4) is 0 Å². The molecule has 2 fully saturated rings. The second-order valence-electron chi connectivity index (χ2n) is 9.15. The van der Waals surface area contributed by atoms with E-state index in [1.807, 2.05) is 18.5 Å². The monoisotopic (exact) mass is 402 g/mol. The van der Waals surface area contributed by atoms with Gasteiger partial charge in [0.05, 0.1) is 18.6 Å². The van der Waals surface area contributed by atoms with Crippen LogP contribution in [0.2, 0.25) is 0 Å². The number of pyridine rings is 1. The minimum atomic E-state index is -0.539. The van der Waals surface area contributed by atoms with E-state index in [9.17, 15) is 0 Å². The Morgan fingerprint density at radius 3 is 2.50 bits per heavy atom. The highest BCUT2D eigenvalue weighted by Gasteiger charge is 2.62. The highest BCUT2D eigenvalue weighted by atomic mass is 16.7. The molecule has 4 heteroatoms. The van der Waals surface area contributed by atoms with E-state index in [1.165, 1.54) is 16.7 Å².